The van der Waals surface area contributed by atoms with Gasteiger partial charge < -0.3 is 4.74 Å². The lowest BCUT2D eigenvalue weighted by Crippen LogP contribution is -2.35. The van der Waals surface area contributed by atoms with Crippen LogP contribution in [0.2, 0.25) is 0 Å². The van der Waals surface area contributed by atoms with Crippen molar-refractivity contribution < 1.29 is 4.74 Å². The van der Waals surface area contributed by atoms with E-state index in [1.165, 1.54) is 0 Å². The van der Waals surface area contributed by atoms with Gasteiger partial charge in [0.25, 0.3) is 0 Å². The number of hydrogen-bond donors (Lipinski definition) is 0. The molecule has 1 saturated heterocycles. The molecule has 0 bridgehead atoms. The highest BCUT2D eigenvalue weighted by molar-refractivity contribution is 9.09. The lowest BCUT2D eigenvalue weighted by molar-refractivity contribution is -0.0752. The van der Waals surface area contributed by atoms with Crippen molar-refractivity contribution in [3.63, 3.8) is 0 Å². The highest BCUT2D eigenvalue weighted by atomic mass is 79.9. The van der Waals surface area contributed by atoms with Crippen molar-refractivity contribution in [2.24, 2.45) is 11.8 Å². The molecule has 0 aromatic rings. The van der Waals surface area contributed by atoms with Gasteiger partial charge in [0.15, 0.2) is 0 Å². The molecule has 1 fully saturated rings. The molecule has 1 nitrogen and oxygen atoms in total. The Balaban J connectivity index is 2.80. The van der Waals surface area contributed by atoms with Gasteiger partial charge in [-0.3, -0.25) is 0 Å². The van der Waals surface area contributed by atoms with Crippen LogP contribution in [0, 0.1) is 11.8 Å². The predicted octanol–water partition coefficient (Wildman–Crippen LogP) is 4.00. The van der Waals surface area contributed by atoms with Gasteiger partial charge in [0.1, 0.15) is 0 Å². The largest absolute Gasteiger partial charge is 0.369 e. The second-order valence-electron chi connectivity index (χ2n) is 5.96. The van der Waals surface area contributed by atoms with E-state index in [-0.39, 0.29) is 11.2 Å². The zero-order chi connectivity index (χ0) is 11.1. The molecule has 14 heavy (non-hydrogen) atoms. The maximum absolute atomic E-state index is 6.09. The molecule has 0 aromatic carbocycles. The third-order valence-electron chi connectivity index (χ3n) is 3.17. The predicted molar refractivity (Wildman–Crippen MR) is 64.9 cm³/mol. The zero-order valence-corrected chi connectivity index (χ0v) is 11.8. The van der Waals surface area contributed by atoms with Gasteiger partial charge in [-0.05, 0) is 40.0 Å². The van der Waals surface area contributed by atoms with Gasteiger partial charge in [-0.15, -0.1) is 0 Å². The Hall–Kier alpha value is 0.440. The highest BCUT2D eigenvalue weighted by Crippen LogP contribution is 2.46. The van der Waals surface area contributed by atoms with Crippen molar-refractivity contribution in [2.45, 2.75) is 64.0 Å². The summed E-state index contributed by atoms with van der Waals surface area (Å²) in [5.74, 6) is 1.27. The summed E-state index contributed by atoms with van der Waals surface area (Å²) in [5.41, 5.74) is 0.0387. The van der Waals surface area contributed by atoms with Crippen LogP contribution in [0.1, 0.15) is 48.0 Å². The molecular weight excluding hydrogens is 240 g/mol. The van der Waals surface area contributed by atoms with Crippen LogP contribution < -0.4 is 0 Å². The van der Waals surface area contributed by atoms with Gasteiger partial charge in [-0.2, -0.15) is 0 Å². The molecule has 2 unspecified atom stereocenters. The highest BCUT2D eigenvalue weighted by Gasteiger charge is 2.48. The van der Waals surface area contributed by atoms with E-state index in [1.54, 1.807) is 0 Å². The first kappa shape index (κ1) is 12.5. The SMILES string of the molecule is CC(C)C(Br)C1CC(C)(C)OC1(C)C. The Labute approximate surface area is 96.7 Å². The third-order valence-corrected chi connectivity index (χ3v) is 4.86. The van der Waals surface area contributed by atoms with E-state index in [0.717, 1.165) is 6.42 Å². The summed E-state index contributed by atoms with van der Waals surface area (Å²) in [5, 5.41) is 0. The second-order valence-corrected chi connectivity index (χ2v) is 7.02. The molecule has 1 aliphatic rings. The zero-order valence-electron chi connectivity index (χ0n) is 10.2. The number of hydrogen-bond acceptors (Lipinski definition) is 1. The lowest BCUT2D eigenvalue weighted by atomic mass is 9.81. The minimum Gasteiger partial charge on any atom is -0.369 e. The minimum atomic E-state index is 0.00192. The maximum Gasteiger partial charge on any atom is 0.0673 e. The van der Waals surface area contributed by atoms with Crippen LogP contribution in [0.5, 0.6) is 0 Å². The molecule has 1 heterocycles. The van der Waals surface area contributed by atoms with Gasteiger partial charge in [0.2, 0.25) is 0 Å². The van der Waals surface area contributed by atoms with Crippen LogP contribution in [-0.4, -0.2) is 16.0 Å². The Morgan fingerprint density at radius 3 is 2.00 bits per heavy atom. The van der Waals surface area contributed by atoms with Gasteiger partial charge in [-0.1, -0.05) is 29.8 Å². The van der Waals surface area contributed by atoms with Crippen LogP contribution in [0.15, 0.2) is 0 Å². The molecule has 1 aliphatic heterocycles. The summed E-state index contributed by atoms with van der Waals surface area (Å²) >= 11 is 3.82. The summed E-state index contributed by atoms with van der Waals surface area (Å²) in [6, 6.07) is 0. The Morgan fingerprint density at radius 2 is 1.71 bits per heavy atom. The summed E-state index contributed by atoms with van der Waals surface area (Å²) in [6.45, 7) is 13.3. The molecule has 0 amide bonds. The molecule has 2 atom stereocenters. The molecule has 0 radical (unpaired) electrons. The first-order chi connectivity index (χ1) is 6.16. The summed E-state index contributed by atoms with van der Waals surface area (Å²) in [4.78, 5) is 0.555. The van der Waals surface area contributed by atoms with Crippen molar-refractivity contribution in [1.82, 2.24) is 0 Å². The molecule has 2 heteroatoms. The second kappa shape index (κ2) is 3.79. The van der Waals surface area contributed by atoms with E-state index in [1.807, 2.05) is 0 Å². The fourth-order valence-electron chi connectivity index (χ4n) is 2.57. The van der Waals surface area contributed by atoms with Crippen LogP contribution in [-0.2, 0) is 4.74 Å². The smallest absolute Gasteiger partial charge is 0.0673 e. The fraction of sp³-hybridized carbons (Fsp3) is 1.00. The molecular formula is C12H23BrO. The van der Waals surface area contributed by atoms with Gasteiger partial charge in [-0.25, -0.2) is 0 Å². The maximum atomic E-state index is 6.09. The third kappa shape index (κ3) is 2.52. The molecule has 0 aliphatic carbocycles. The van der Waals surface area contributed by atoms with Crippen molar-refractivity contribution in [2.75, 3.05) is 0 Å². The molecule has 0 saturated carbocycles. The number of halogens is 1. The standard InChI is InChI=1S/C12H23BrO/c1-8(2)10(13)9-7-11(3,4)14-12(9,5)6/h8-10H,7H2,1-6H3. The monoisotopic (exact) mass is 262 g/mol. The number of alkyl halides is 1. The Morgan fingerprint density at radius 1 is 1.21 bits per heavy atom. The average molecular weight is 263 g/mol. The Kier molecular flexibility index (Phi) is 3.38. The fourth-order valence-corrected chi connectivity index (χ4v) is 3.39. The van der Waals surface area contributed by atoms with Gasteiger partial charge in [0, 0.05) is 10.7 Å². The Bertz CT molecular complexity index is 208. The lowest BCUT2D eigenvalue weighted by Gasteiger charge is -2.31. The van der Waals surface area contributed by atoms with E-state index in [4.69, 9.17) is 4.74 Å². The van der Waals surface area contributed by atoms with E-state index in [0.29, 0.717) is 16.7 Å². The van der Waals surface area contributed by atoms with Crippen LogP contribution in [0.3, 0.4) is 0 Å². The van der Waals surface area contributed by atoms with E-state index in [9.17, 15) is 0 Å². The van der Waals surface area contributed by atoms with Crippen LogP contribution in [0.4, 0.5) is 0 Å². The van der Waals surface area contributed by atoms with Crippen molar-refractivity contribution in [1.29, 1.82) is 0 Å². The van der Waals surface area contributed by atoms with Crippen molar-refractivity contribution >= 4 is 15.9 Å². The number of rotatable bonds is 2. The number of ether oxygens (including phenoxy) is 1. The van der Waals surface area contributed by atoms with Crippen LogP contribution in [0.25, 0.3) is 0 Å². The van der Waals surface area contributed by atoms with Gasteiger partial charge >= 0.3 is 0 Å². The minimum absolute atomic E-state index is 0.00192. The quantitative estimate of drug-likeness (QED) is 0.684. The summed E-state index contributed by atoms with van der Waals surface area (Å²) in [6.07, 6.45) is 1.15. The van der Waals surface area contributed by atoms with E-state index in [2.05, 4.69) is 57.5 Å². The first-order valence-electron chi connectivity index (χ1n) is 5.50. The first-order valence-corrected chi connectivity index (χ1v) is 6.41. The normalized spacial score (nSPS) is 32.1. The topological polar surface area (TPSA) is 9.23 Å². The molecule has 0 aromatic heterocycles. The van der Waals surface area contributed by atoms with Crippen molar-refractivity contribution in [3.8, 4) is 0 Å². The molecule has 1 rings (SSSR count). The van der Waals surface area contributed by atoms with Gasteiger partial charge in [0.05, 0.1) is 11.2 Å². The van der Waals surface area contributed by atoms with E-state index < -0.39 is 0 Å². The molecule has 0 spiro atoms. The molecule has 84 valence electrons. The average Bonchev–Trinajstić information content (AvgIpc) is 2.17. The van der Waals surface area contributed by atoms with Crippen LogP contribution >= 0.6 is 15.9 Å². The summed E-state index contributed by atoms with van der Waals surface area (Å²) in [7, 11) is 0. The van der Waals surface area contributed by atoms with E-state index >= 15 is 0 Å². The molecule has 0 N–H and O–H groups in total. The summed E-state index contributed by atoms with van der Waals surface area (Å²) < 4.78 is 6.09. The van der Waals surface area contributed by atoms with Crippen molar-refractivity contribution in [3.05, 3.63) is 0 Å².